The van der Waals surface area contributed by atoms with Crippen molar-refractivity contribution in [1.29, 1.82) is 0 Å². The SMILES string of the molecule is CCc1cnc(CCNC(=NC)NCc2cccnc2Oc2cccc(F)c2)s1.I. The molecular weight excluding hydrogens is 516 g/mol. The Labute approximate surface area is 197 Å². The highest BCUT2D eigenvalue weighted by Gasteiger charge is 2.08. The van der Waals surface area contributed by atoms with E-state index >= 15 is 0 Å². The maximum absolute atomic E-state index is 13.4. The lowest BCUT2D eigenvalue weighted by atomic mass is 10.2. The van der Waals surface area contributed by atoms with Crippen LogP contribution < -0.4 is 15.4 Å². The van der Waals surface area contributed by atoms with Gasteiger partial charge in [-0.25, -0.2) is 14.4 Å². The fourth-order valence-corrected chi connectivity index (χ4v) is 3.47. The molecule has 160 valence electrons. The van der Waals surface area contributed by atoms with Gasteiger partial charge < -0.3 is 15.4 Å². The molecule has 30 heavy (non-hydrogen) atoms. The Kier molecular flexibility index (Phi) is 9.95. The summed E-state index contributed by atoms with van der Waals surface area (Å²) in [4.78, 5) is 14.2. The van der Waals surface area contributed by atoms with Gasteiger partial charge in [-0.3, -0.25) is 4.99 Å². The zero-order valence-electron chi connectivity index (χ0n) is 16.9. The van der Waals surface area contributed by atoms with Gasteiger partial charge in [0.05, 0.1) is 5.01 Å². The minimum absolute atomic E-state index is 0. The van der Waals surface area contributed by atoms with Crippen LogP contribution in [0.1, 0.15) is 22.4 Å². The van der Waals surface area contributed by atoms with E-state index in [4.69, 9.17) is 4.74 Å². The first-order valence-corrected chi connectivity index (χ1v) is 10.2. The average Bonchev–Trinajstić information content (AvgIpc) is 3.19. The minimum atomic E-state index is -0.353. The third kappa shape index (κ3) is 7.21. The second-order valence-corrected chi connectivity index (χ2v) is 7.40. The molecule has 0 spiro atoms. The zero-order chi connectivity index (χ0) is 20.5. The molecule has 0 saturated carbocycles. The van der Waals surface area contributed by atoms with Crippen molar-refractivity contribution < 1.29 is 9.13 Å². The maximum atomic E-state index is 13.4. The number of rotatable bonds is 8. The van der Waals surface area contributed by atoms with Crippen molar-refractivity contribution in [1.82, 2.24) is 20.6 Å². The molecule has 0 aliphatic carbocycles. The molecule has 0 amide bonds. The topological polar surface area (TPSA) is 71.4 Å². The number of halogens is 2. The quantitative estimate of drug-likeness (QED) is 0.249. The van der Waals surface area contributed by atoms with Crippen LogP contribution in [0.3, 0.4) is 0 Å². The molecule has 2 N–H and O–H groups in total. The Bertz CT molecular complexity index is 966. The number of benzene rings is 1. The summed E-state index contributed by atoms with van der Waals surface area (Å²) in [6, 6.07) is 9.73. The van der Waals surface area contributed by atoms with Gasteiger partial charge in [-0.2, -0.15) is 0 Å². The Balaban J connectivity index is 0.00000320. The normalized spacial score (nSPS) is 11.0. The van der Waals surface area contributed by atoms with E-state index in [-0.39, 0.29) is 29.8 Å². The van der Waals surface area contributed by atoms with Crippen molar-refractivity contribution in [2.24, 2.45) is 4.99 Å². The molecule has 0 bridgehead atoms. The van der Waals surface area contributed by atoms with E-state index in [2.05, 4.69) is 32.5 Å². The lowest BCUT2D eigenvalue weighted by Gasteiger charge is -2.13. The van der Waals surface area contributed by atoms with E-state index in [0.29, 0.717) is 24.1 Å². The third-order valence-electron chi connectivity index (χ3n) is 4.11. The summed E-state index contributed by atoms with van der Waals surface area (Å²) < 4.78 is 19.1. The number of hydrogen-bond acceptors (Lipinski definition) is 5. The Hall–Kier alpha value is -2.27. The van der Waals surface area contributed by atoms with Gasteiger partial charge in [0.1, 0.15) is 11.6 Å². The van der Waals surface area contributed by atoms with Gasteiger partial charge in [-0.15, -0.1) is 35.3 Å². The van der Waals surface area contributed by atoms with Crippen LogP contribution in [-0.2, 0) is 19.4 Å². The van der Waals surface area contributed by atoms with Crippen molar-refractivity contribution in [2.45, 2.75) is 26.3 Å². The molecule has 0 aliphatic heterocycles. The molecule has 0 saturated heterocycles. The number of guanidine groups is 1. The van der Waals surface area contributed by atoms with Crippen LogP contribution in [0, 0.1) is 5.82 Å². The molecule has 0 aliphatic rings. The van der Waals surface area contributed by atoms with E-state index in [1.54, 1.807) is 36.7 Å². The lowest BCUT2D eigenvalue weighted by molar-refractivity contribution is 0.450. The number of nitrogens with zero attached hydrogens (tertiary/aromatic N) is 3. The van der Waals surface area contributed by atoms with Crippen molar-refractivity contribution >= 4 is 41.3 Å². The number of aliphatic imine (C=N–C) groups is 1. The molecule has 0 atom stereocenters. The summed E-state index contributed by atoms with van der Waals surface area (Å²) in [5, 5.41) is 7.65. The monoisotopic (exact) mass is 541 g/mol. The van der Waals surface area contributed by atoms with Crippen molar-refractivity contribution in [3.05, 3.63) is 70.1 Å². The largest absolute Gasteiger partial charge is 0.439 e. The summed E-state index contributed by atoms with van der Waals surface area (Å²) in [6.45, 7) is 3.33. The van der Waals surface area contributed by atoms with Gasteiger partial charge in [0, 0.05) is 55.5 Å². The van der Waals surface area contributed by atoms with Crippen LogP contribution in [0.4, 0.5) is 4.39 Å². The average molecular weight is 541 g/mol. The van der Waals surface area contributed by atoms with E-state index in [1.807, 2.05) is 18.3 Å². The standard InChI is InChI=1S/C21H24FN5OS.HI/c1-3-18-14-26-19(29-18)9-11-25-21(23-2)27-13-15-6-5-10-24-20(15)28-17-8-4-7-16(22)12-17;/h4-8,10,12,14H,3,9,11,13H2,1-2H3,(H2,23,25,27);1H. The summed E-state index contributed by atoms with van der Waals surface area (Å²) >= 11 is 1.74. The predicted molar refractivity (Wildman–Crippen MR) is 130 cm³/mol. The molecule has 6 nitrogen and oxygen atoms in total. The maximum Gasteiger partial charge on any atom is 0.224 e. The number of pyridine rings is 1. The van der Waals surface area contributed by atoms with Gasteiger partial charge in [-0.05, 0) is 24.6 Å². The number of hydrogen-bond donors (Lipinski definition) is 2. The second kappa shape index (κ2) is 12.4. The molecule has 1 aromatic carbocycles. The summed E-state index contributed by atoms with van der Waals surface area (Å²) in [6.07, 6.45) is 5.44. The smallest absolute Gasteiger partial charge is 0.224 e. The Morgan fingerprint density at radius 1 is 1.20 bits per heavy atom. The van der Waals surface area contributed by atoms with Gasteiger partial charge in [0.2, 0.25) is 5.88 Å². The number of ether oxygens (including phenoxy) is 1. The molecule has 2 aromatic heterocycles. The van der Waals surface area contributed by atoms with Crippen molar-refractivity contribution in [3.8, 4) is 11.6 Å². The van der Waals surface area contributed by atoms with Crippen LogP contribution in [0.25, 0.3) is 0 Å². The fourth-order valence-electron chi connectivity index (χ4n) is 2.61. The van der Waals surface area contributed by atoms with E-state index in [9.17, 15) is 4.39 Å². The highest BCUT2D eigenvalue weighted by Crippen LogP contribution is 2.23. The van der Waals surface area contributed by atoms with Crippen LogP contribution in [-0.4, -0.2) is 29.5 Å². The molecule has 0 fully saturated rings. The van der Waals surface area contributed by atoms with E-state index in [0.717, 1.165) is 30.0 Å². The summed E-state index contributed by atoms with van der Waals surface area (Å²) in [5.41, 5.74) is 0.840. The first-order valence-electron chi connectivity index (χ1n) is 9.43. The van der Waals surface area contributed by atoms with E-state index < -0.39 is 0 Å². The number of aryl methyl sites for hydroxylation is 1. The predicted octanol–water partition coefficient (Wildman–Crippen LogP) is 4.56. The van der Waals surface area contributed by atoms with Crippen molar-refractivity contribution in [3.63, 3.8) is 0 Å². The van der Waals surface area contributed by atoms with Crippen LogP contribution in [0.2, 0.25) is 0 Å². The number of thiazole rings is 1. The Morgan fingerprint density at radius 3 is 2.80 bits per heavy atom. The van der Waals surface area contributed by atoms with Crippen LogP contribution in [0.15, 0.2) is 53.8 Å². The highest BCUT2D eigenvalue weighted by molar-refractivity contribution is 14.0. The molecular formula is C21H25FIN5OS. The van der Waals surface area contributed by atoms with E-state index in [1.165, 1.54) is 17.0 Å². The van der Waals surface area contributed by atoms with Crippen LogP contribution in [0.5, 0.6) is 11.6 Å². The fraction of sp³-hybridized carbons (Fsp3) is 0.286. The molecule has 9 heteroatoms. The Morgan fingerprint density at radius 2 is 2.07 bits per heavy atom. The number of nitrogens with one attached hydrogen (secondary N) is 2. The zero-order valence-corrected chi connectivity index (χ0v) is 20.0. The third-order valence-corrected chi connectivity index (χ3v) is 5.31. The lowest BCUT2D eigenvalue weighted by Crippen LogP contribution is -2.37. The first-order chi connectivity index (χ1) is 14.2. The molecule has 3 rings (SSSR count). The summed E-state index contributed by atoms with van der Waals surface area (Å²) in [7, 11) is 1.72. The highest BCUT2D eigenvalue weighted by atomic mass is 127. The van der Waals surface area contributed by atoms with Crippen molar-refractivity contribution in [2.75, 3.05) is 13.6 Å². The number of aromatic nitrogens is 2. The minimum Gasteiger partial charge on any atom is -0.439 e. The first kappa shape index (κ1) is 24.0. The van der Waals surface area contributed by atoms with Crippen LogP contribution >= 0.6 is 35.3 Å². The summed E-state index contributed by atoms with van der Waals surface area (Å²) in [5.74, 6) is 1.16. The van der Waals surface area contributed by atoms with Gasteiger partial charge in [-0.1, -0.05) is 19.1 Å². The van der Waals surface area contributed by atoms with Gasteiger partial charge in [0.25, 0.3) is 0 Å². The molecule has 0 unspecified atom stereocenters. The second-order valence-electron chi connectivity index (χ2n) is 6.20. The molecule has 3 aromatic rings. The molecule has 0 radical (unpaired) electrons. The van der Waals surface area contributed by atoms with Gasteiger partial charge in [0.15, 0.2) is 5.96 Å². The van der Waals surface area contributed by atoms with Gasteiger partial charge >= 0.3 is 0 Å². The molecule has 2 heterocycles.